The van der Waals surface area contributed by atoms with Crippen molar-refractivity contribution in [2.45, 2.75) is 19.9 Å². The van der Waals surface area contributed by atoms with Crippen LogP contribution in [0, 0.1) is 0 Å². The molecule has 0 radical (unpaired) electrons. The van der Waals surface area contributed by atoms with Gasteiger partial charge in [0.25, 0.3) is 0 Å². The van der Waals surface area contributed by atoms with Crippen LogP contribution in [0.2, 0.25) is 5.02 Å². The third-order valence-corrected chi connectivity index (χ3v) is 3.31. The minimum atomic E-state index is 0.0580. The summed E-state index contributed by atoms with van der Waals surface area (Å²) in [6.07, 6.45) is 1.05. The molecule has 5 nitrogen and oxygen atoms in total. The first-order valence-electron chi connectivity index (χ1n) is 6.57. The Bertz CT molecular complexity index is 452. The molecule has 1 fully saturated rings. The van der Waals surface area contributed by atoms with Crippen molar-refractivity contribution in [2.75, 3.05) is 31.5 Å². The maximum Gasteiger partial charge on any atom is 0.234 e. The Morgan fingerprint density at radius 2 is 2.37 bits per heavy atom. The number of carbonyl (C=O) groups excluding carboxylic acids is 1. The van der Waals surface area contributed by atoms with Crippen LogP contribution in [0.4, 0.5) is 5.82 Å². The van der Waals surface area contributed by atoms with Gasteiger partial charge in [0, 0.05) is 26.2 Å². The maximum atomic E-state index is 11.3. The number of piperazine rings is 1. The fraction of sp³-hybridized carbons (Fsp3) is 0.538. The van der Waals surface area contributed by atoms with Gasteiger partial charge < -0.3 is 10.6 Å². The number of nitrogens with zero attached hydrogens (tertiary/aromatic N) is 2. The molecule has 0 atom stereocenters. The predicted octanol–water partition coefficient (Wildman–Crippen LogP) is 1.49. The van der Waals surface area contributed by atoms with E-state index in [-0.39, 0.29) is 5.91 Å². The Morgan fingerprint density at radius 3 is 3.11 bits per heavy atom. The molecule has 0 aliphatic carbocycles. The molecular weight excluding hydrogens is 264 g/mol. The summed E-state index contributed by atoms with van der Waals surface area (Å²) in [5, 5.41) is 6.69. The average Bonchev–Trinajstić information content (AvgIpc) is 2.40. The van der Waals surface area contributed by atoms with Crippen LogP contribution in [-0.2, 0) is 11.3 Å². The number of nitrogens with one attached hydrogen (secondary N) is 2. The number of hydrogen-bond acceptors (Lipinski definition) is 4. The Balaban J connectivity index is 2.03. The number of pyridine rings is 1. The second-order valence-electron chi connectivity index (χ2n) is 4.61. The SMILES string of the molecule is CCCNc1ccc(Cl)c(CN2CCNC(=O)C2)n1. The number of carbonyl (C=O) groups is 1. The molecule has 0 unspecified atom stereocenters. The smallest absolute Gasteiger partial charge is 0.234 e. The van der Waals surface area contributed by atoms with Crippen LogP contribution in [0.15, 0.2) is 12.1 Å². The molecule has 0 bridgehead atoms. The summed E-state index contributed by atoms with van der Waals surface area (Å²) < 4.78 is 0. The van der Waals surface area contributed by atoms with Gasteiger partial charge in [-0.3, -0.25) is 9.69 Å². The standard InChI is InChI=1S/C13H19ClN4O/c1-2-5-15-12-4-3-10(14)11(17-12)8-18-7-6-16-13(19)9-18/h3-4H,2,5-9H2,1H3,(H,15,17)(H,16,19). The number of hydrogen-bond donors (Lipinski definition) is 2. The lowest BCUT2D eigenvalue weighted by Crippen LogP contribution is -2.47. The summed E-state index contributed by atoms with van der Waals surface area (Å²) in [4.78, 5) is 17.9. The fourth-order valence-electron chi connectivity index (χ4n) is 1.99. The molecule has 0 aromatic carbocycles. The van der Waals surface area contributed by atoms with Gasteiger partial charge in [0.15, 0.2) is 0 Å². The van der Waals surface area contributed by atoms with Crippen molar-refractivity contribution in [1.29, 1.82) is 0 Å². The number of aromatic nitrogens is 1. The molecule has 1 aromatic heterocycles. The second-order valence-corrected chi connectivity index (χ2v) is 5.02. The quantitative estimate of drug-likeness (QED) is 0.859. The molecule has 0 spiro atoms. The molecule has 6 heteroatoms. The van der Waals surface area contributed by atoms with E-state index in [1.807, 2.05) is 12.1 Å². The van der Waals surface area contributed by atoms with Crippen LogP contribution in [0.3, 0.4) is 0 Å². The van der Waals surface area contributed by atoms with Crippen LogP contribution in [-0.4, -0.2) is 42.0 Å². The molecule has 2 heterocycles. The minimum Gasteiger partial charge on any atom is -0.370 e. The lowest BCUT2D eigenvalue weighted by Gasteiger charge is -2.26. The lowest BCUT2D eigenvalue weighted by molar-refractivity contribution is -0.124. The molecule has 1 aromatic rings. The van der Waals surface area contributed by atoms with Crippen molar-refractivity contribution >= 4 is 23.3 Å². The Morgan fingerprint density at radius 1 is 1.53 bits per heavy atom. The summed E-state index contributed by atoms with van der Waals surface area (Å²) in [6, 6.07) is 3.73. The summed E-state index contributed by atoms with van der Waals surface area (Å²) in [5.41, 5.74) is 0.817. The van der Waals surface area contributed by atoms with Gasteiger partial charge in [0.2, 0.25) is 5.91 Å². The summed E-state index contributed by atoms with van der Waals surface area (Å²) >= 11 is 6.17. The largest absolute Gasteiger partial charge is 0.370 e. The monoisotopic (exact) mass is 282 g/mol. The van der Waals surface area contributed by atoms with Crippen molar-refractivity contribution in [3.63, 3.8) is 0 Å². The van der Waals surface area contributed by atoms with Gasteiger partial charge in [0.1, 0.15) is 5.82 Å². The molecule has 1 amide bonds. The first-order valence-corrected chi connectivity index (χ1v) is 6.95. The van der Waals surface area contributed by atoms with Gasteiger partial charge in [-0.2, -0.15) is 0 Å². The van der Waals surface area contributed by atoms with Gasteiger partial charge in [-0.05, 0) is 18.6 Å². The first kappa shape index (κ1) is 14.1. The van der Waals surface area contributed by atoms with Crippen LogP contribution in [0.5, 0.6) is 0 Å². The van der Waals surface area contributed by atoms with Crippen LogP contribution in [0.25, 0.3) is 0 Å². The van der Waals surface area contributed by atoms with E-state index in [9.17, 15) is 4.79 Å². The second kappa shape index (κ2) is 6.73. The highest BCUT2D eigenvalue weighted by Crippen LogP contribution is 2.18. The van der Waals surface area contributed by atoms with E-state index in [0.29, 0.717) is 24.7 Å². The van der Waals surface area contributed by atoms with Crippen molar-refractivity contribution in [3.8, 4) is 0 Å². The molecule has 19 heavy (non-hydrogen) atoms. The average molecular weight is 283 g/mol. The van der Waals surface area contributed by atoms with Crippen LogP contribution >= 0.6 is 11.6 Å². The fourth-order valence-corrected chi connectivity index (χ4v) is 2.15. The van der Waals surface area contributed by atoms with E-state index < -0.39 is 0 Å². The van der Waals surface area contributed by atoms with Gasteiger partial charge in [-0.15, -0.1) is 0 Å². The van der Waals surface area contributed by atoms with E-state index in [1.54, 1.807) is 0 Å². The lowest BCUT2D eigenvalue weighted by atomic mass is 10.3. The number of halogens is 1. The minimum absolute atomic E-state index is 0.0580. The molecule has 1 aliphatic heterocycles. The van der Waals surface area contributed by atoms with Gasteiger partial charge >= 0.3 is 0 Å². The molecule has 104 valence electrons. The van der Waals surface area contributed by atoms with E-state index in [2.05, 4.69) is 27.4 Å². The topological polar surface area (TPSA) is 57.3 Å². The normalized spacial score (nSPS) is 16.2. The van der Waals surface area contributed by atoms with Crippen molar-refractivity contribution in [2.24, 2.45) is 0 Å². The number of amides is 1. The van der Waals surface area contributed by atoms with E-state index in [0.717, 1.165) is 31.0 Å². The molecule has 2 N–H and O–H groups in total. The Kier molecular flexibility index (Phi) is 4.99. The Labute approximate surface area is 118 Å². The van der Waals surface area contributed by atoms with Crippen molar-refractivity contribution in [1.82, 2.24) is 15.2 Å². The summed E-state index contributed by atoms with van der Waals surface area (Å²) in [7, 11) is 0. The number of rotatable bonds is 5. The summed E-state index contributed by atoms with van der Waals surface area (Å²) in [6.45, 7) is 5.52. The zero-order valence-corrected chi connectivity index (χ0v) is 11.8. The van der Waals surface area contributed by atoms with Gasteiger partial charge in [-0.25, -0.2) is 4.98 Å². The highest BCUT2D eigenvalue weighted by atomic mass is 35.5. The third-order valence-electron chi connectivity index (χ3n) is 2.97. The predicted molar refractivity (Wildman–Crippen MR) is 76.3 cm³/mol. The van der Waals surface area contributed by atoms with Crippen molar-refractivity contribution in [3.05, 3.63) is 22.8 Å². The van der Waals surface area contributed by atoms with Crippen LogP contribution in [0.1, 0.15) is 19.0 Å². The molecule has 2 rings (SSSR count). The Hall–Kier alpha value is -1.33. The van der Waals surface area contributed by atoms with E-state index >= 15 is 0 Å². The van der Waals surface area contributed by atoms with E-state index in [1.165, 1.54) is 0 Å². The zero-order chi connectivity index (χ0) is 13.7. The van der Waals surface area contributed by atoms with Crippen molar-refractivity contribution < 1.29 is 4.79 Å². The first-order chi connectivity index (χ1) is 9.19. The molecular formula is C13H19ClN4O. The van der Waals surface area contributed by atoms with E-state index in [4.69, 9.17) is 11.6 Å². The van der Waals surface area contributed by atoms with Gasteiger partial charge in [-0.1, -0.05) is 18.5 Å². The maximum absolute atomic E-state index is 11.3. The summed E-state index contributed by atoms with van der Waals surface area (Å²) in [5.74, 6) is 0.894. The third kappa shape index (κ3) is 4.08. The van der Waals surface area contributed by atoms with Crippen LogP contribution < -0.4 is 10.6 Å². The highest BCUT2D eigenvalue weighted by Gasteiger charge is 2.17. The number of anilines is 1. The molecule has 1 saturated heterocycles. The molecule has 0 saturated carbocycles. The van der Waals surface area contributed by atoms with Gasteiger partial charge in [0.05, 0.1) is 17.3 Å². The zero-order valence-electron chi connectivity index (χ0n) is 11.1. The highest BCUT2D eigenvalue weighted by molar-refractivity contribution is 6.31. The molecule has 1 aliphatic rings.